The van der Waals surface area contributed by atoms with Crippen molar-refractivity contribution in [3.63, 3.8) is 0 Å². The average molecular weight is 434 g/mol. The maximum Gasteiger partial charge on any atom is 0.321 e. The Morgan fingerprint density at radius 1 is 1.10 bits per heavy atom. The topological polar surface area (TPSA) is 120 Å². The summed E-state index contributed by atoms with van der Waals surface area (Å²) in [6.07, 6.45) is -1.09. The van der Waals surface area contributed by atoms with E-state index in [0.717, 1.165) is 11.1 Å². The van der Waals surface area contributed by atoms with Gasteiger partial charge in [0.25, 0.3) is 5.91 Å². The lowest BCUT2D eigenvalue weighted by Gasteiger charge is -2.14. The summed E-state index contributed by atoms with van der Waals surface area (Å²) in [5.74, 6) is -0.138. The van der Waals surface area contributed by atoms with Gasteiger partial charge in [0.1, 0.15) is 6.54 Å². The molecule has 0 fully saturated rings. The number of rotatable bonds is 8. The standard InChI is InChI=1S/C20H22N2O7S/c1-13-3-6-16(7-4-13)30(25,26)22-11-19(23)29-14(2)20(24)21-10-15-5-8-17-18(9-15)28-12-27-17/h3-9,14,22H,10-12H2,1-2H3,(H,21,24). The minimum Gasteiger partial charge on any atom is -0.454 e. The van der Waals surface area contributed by atoms with Crippen LogP contribution in [0.15, 0.2) is 47.4 Å². The Bertz CT molecular complexity index is 1040. The van der Waals surface area contributed by atoms with E-state index in [1.807, 2.05) is 6.92 Å². The van der Waals surface area contributed by atoms with Crippen LogP contribution in [-0.4, -0.2) is 39.7 Å². The molecule has 1 amide bonds. The largest absolute Gasteiger partial charge is 0.454 e. The Morgan fingerprint density at radius 2 is 1.80 bits per heavy atom. The van der Waals surface area contributed by atoms with Crippen LogP contribution in [0.3, 0.4) is 0 Å². The average Bonchev–Trinajstić information content (AvgIpc) is 3.18. The van der Waals surface area contributed by atoms with E-state index in [0.29, 0.717) is 11.5 Å². The van der Waals surface area contributed by atoms with Gasteiger partial charge in [-0.2, -0.15) is 4.72 Å². The highest BCUT2D eigenvalue weighted by Gasteiger charge is 2.21. The van der Waals surface area contributed by atoms with Gasteiger partial charge in [0, 0.05) is 6.54 Å². The third-order valence-electron chi connectivity index (χ3n) is 4.32. The van der Waals surface area contributed by atoms with E-state index in [4.69, 9.17) is 14.2 Å². The highest BCUT2D eigenvalue weighted by atomic mass is 32.2. The molecule has 0 bridgehead atoms. The molecule has 0 saturated carbocycles. The van der Waals surface area contributed by atoms with Gasteiger partial charge in [0.15, 0.2) is 17.6 Å². The number of ether oxygens (including phenoxy) is 3. The number of carbonyl (C=O) groups is 2. The van der Waals surface area contributed by atoms with Crippen molar-refractivity contribution in [3.05, 3.63) is 53.6 Å². The Labute approximate surface area is 174 Å². The van der Waals surface area contributed by atoms with Crippen molar-refractivity contribution in [2.24, 2.45) is 0 Å². The Hall–Kier alpha value is -3.11. The van der Waals surface area contributed by atoms with Crippen molar-refractivity contribution in [2.45, 2.75) is 31.4 Å². The molecule has 0 radical (unpaired) electrons. The second-order valence-corrected chi connectivity index (χ2v) is 8.44. The first-order valence-electron chi connectivity index (χ1n) is 9.16. The number of hydrogen-bond acceptors (Lipinski definition) is 7. The molecule has 0 spiro atoms. The maximum atomic E-state index is 12.2. The molecule has 2 aromatic carbocycles. The summed E-state index contributed by atoms with van der Waals surface area (Å²) < 4.78 is 42.0. The van der Waals surface area contributed by atoms with E-state index in [1.54, 1.807) is 30.3 Å². The van der Waals surface area contributed by atoms with Gasteiger partial charge in [0.2, 0.25) is 16.8 Å². The fourth-order valence-electron chi connectivity index (χ4n) is 2.63. The monoisotopic (exact) mass is 434 g/mol. The maximum absolute atomic E-state index is 12.2. The predicted octanol–water partition coefficient (Wildman–Crippen LogP) is 1.25. The van der Waals surface area contributed by atoms with E-state index >= 15 is 0 Å². The fraction of sp³-hybridized carbons (Fsp3) is 0.300. The minimum absolute atomic E-state index is 0.0374. The van der Waals surface area contributed by atoms with Gasteiger partial charge in [0.05, 0.1) is 4.90 Å². The van der Waals surface area contributed by atoms with Gasteiger partial charge in [-0.15, -0.1) is 0 Å². The molecule has 1 atom stereocenters. The van der Waals surface area contributed by atoms with Crippen molar-refractivity contribution in [2.75, 3.05) is 13.3 Å². The molecule has 160 valence electrons. The molecule has 1 aliphatic rings. The van der Waals surface area contributed by atoms with Crippen LogP contribution in [-0.2, 0) is 30.9 Å². The summed E-state index contributed by atoms with van der Waals surface area (Å²) in [5.41, 5.74) is 1.70. The van der Waals surface area contributed by atoms with Crippen molar-refractivity contribution in [1.82, 2.24) is 10.0 Å². The lowest BCUT2D eigenvalue weighted by Crippen LogP contribution is -2.38. The first-order valence-corrected chi connectivity index (χ1v) is 10.6. The normalized spacial score (nSPS) is 13.5. The van der Waals surface area contributed by atoms with Crippen LogP contribution in [0.25, 0.3) is 0 Å². The molecule has 30 heavy (non-hydrogen) atoms. The lowest BCUT2D eigenvalue weighted by molar-refractivity contribution is -0.153. The SMILES string of the molecule is Cc1ccc(S(=O)(=O)NCC(=O)OC(C)C(=O)NCc2ccc3c(c2)OCO3)cc1. The molecule has 0 saturated heterocycles. The minimum atomic E-state index is -3.85. The molecule has 1 unspecified atom stereocenters. The molecule has 2 N–H and O–H groups in total. The number of sulfonamides is 1. The zero-order valence-corrected chi connectivity index (χ0v) is 17.3. The zero-order valence-electron chi connectivity index (χ0n) is 16.5. The summed E-state index contributed by atoms with van der Waals surface area (Å²) in [5, 5.41) is 2.65. The summed E-state index contributed by atoms with van der Waals surface area (Å²) in [4.78, 5) is 24.1. The summed E-state index contributed by atoms with van der Waals surface area (Å²) in [6, 6.07) is 11.5. The Balaban J connectivity index is 1.45. The quantitative estimate of drug-likeness (QED) is 0.600. The molecule has 0 aromatic heterocycles. The Morgan fingerprint density at radius 3 is 2.53 bits per heavy atom. The van der Waals surface area contributed by atoms with Crippen molar-refractivity contribution in [3.8, 4) is 11.5 Å². The van der Waals surface area contributed by atoms with Gasteiger partial charge in [-0.05, 0) is 43.7 Å². The van der Waals surface area contributed by atoms with Crippen LogP contribution in [0.5, 0.6) is 11.5 Å². The van der Waals surface area contributed by atoms with Gasteiger partial charge in [-0.1, -0.05) is 23.8 Å². The molecule has 9 nitrogen and oxygen atoms in total. The van der Waals surface area contributed by atoms with Crippen LogP contribution >= 0.6 is 0 Å². The number of esters is 1. The van der Waals surface area contributed by atoms with Gasteiger partial charge in [-0.25, -0.2) is 8.42 Å². The highest BCUT2D eigenvalue weighted by molar-refractivity contribution is 7.89. The van der Waals surface area contributed by atoms with Crippen molar-refractivity contribution >= 4 is 21.9 Å². The first-order chi connectivity index (χ1) is 14.2. The summed E-state index contributed by atoms with van der Waals surface area (Å²) in [6.45, 7) is 3.01. The predicted molar refractivity (Wildman–Crippen MR) is 106 cm³/mol. The molecular formula is C20H22N2O7S. The summed E-state index contributed by atoms with van der Waals surface area (Å²) in [7, 11) is -3.85. The number of nitrogens with one attached hydrogen (secondary N) is 2. The van der Waals surface area contributed by atoms with Crippen LogP contribution in [0.1, 0.15) is 18.1 Å². The van der Waals surface area contributed by atoms with E-state index < -0.39 is 34.5 Å². The number of hydrogen-bond donors (Lipinski definition) is 2. The second kappa shape index (κ2) is 9.14. The fourth-order valence-corrected chi connectivity index (χ4v) is 3.60. The van der Waals surface area contributed by atoms with E-state index in [1.165, 1.54) is 19.1 Å². The number of amides is 1. The third kappa shape index (κ3) is 5.49. The number of aryl methyl sites for hydroxylation is 1. The van der Waals surface area contributed by atoms with Crippen LogP contribution in [0, 0.1) is 6.92 Å². The molecule has 1 aliphatic heterocycles. The number of benzene rings is 2. The van der Waals surface area contributed by atoms with E-state index in [-0.39, 0.29) is 18.2 Å². The van der Waals surface area contributed by atoms with Crippen molar-refractivity contribution in [1.29, 1.82) is 0 Å². The molecule has 2 aromatic rings. The van der Waals surface area contributed by atoms with Gasteiger partial charge in [-0.3, -0.25) is 9.59 Å². The smallest absolute Gasteiger partial charge is 0.321 e. The van der Waals surface area contributed by atoms with Gasteiger partial charge < -0.3 is 19.5 Å². The molecule has 0 aliphatic carbocycles. The second-order valence-electron chi connectivity index (χ2n) is 6.68. The molecule has 3 rings (SSSR count). The lowest BCUT2D eigenvalue weighted by atomic mass is 10.2. The molecule has 1 heterocycles. The number of carbonyl (C=O) groups excluding carboxylic acids is 2. The first kappa shape index (κ1) is 21.6. The van der Waals surface area contributed by atoms with Crippen LogP contribution in [0.2, 0.25) is 0 Å². The van der Waals surface area contributed by atoms with E-state index in [2.05, 4.69) is 10.0 Å². The van der Waals surface area contributed by atoms with Gasteiger partial charge >= 0.3 is 5.97 Å². The summed E-state index contributed by atoms with van der Waals surface area (Å²) >= 11 is 0. The molecule has 10 heteroatoms. The number of fused-ring (bicyclic) bond motifs is 1. The zero-order chi connectivity index (χ0) is 21.7. The third-order valence-corrected chi connectivity index (χ3v) is 5.74. The van der Waals surface area contributed by atoms with Crippen molar-refractivity contribution < 1.29 is 32.2 Å². The highest BCUT2D eigenvalue weighted by Crippen LogP contribution is 2.32. The van der Waals surface area contributed by atoms with Crippen LogP contribution < -0.4 is 19.5 Å². The molecular weight excluding hydrogens is 412 g/mol. The Kier molecular flexibility index (Phi) is 6.58. The van der Waals surface area contributed by atoms with Crippen LogP contribution in [0.4, 0.5) is 0 Å². The van der Waals surface area contributed by atoms with E-state index in [9.17, 15) is 18.0 Å².